The topological polar surface area (TPSA) is 97.9 Å². The molecule has 0 spiro atoms. The second-order valence-corrected chi connectivity index (χ2v) is 8.31. The van der Waals surface area contributed by atoms with Gasteiger partial charge >= 0.3 is 5.69 Å². The van der Waals surface area contributed by atoms with Gasteiger partial charge in [-0.1, -0.05) is 19.9 Å². The van der Waals surface area contributed by atoms with Gasteiger partial charge in [-0.2, -0.15) is 0 Å². The van der Waals surface area contributed by atoms with E-state index >= 15 is 0 Å². The fourth-order valence-electron chi connectivity index (χ4n) is 3.01. The third kappa shape index (κ3) is 4.35. The number of rotatable bonds is 6. The van der Waals surface area contributed by atoms with Gasteiger partial charge in [0.05, 0.1) is 5.75 Å². The molecule has 0 bridgehead atoms. The first-order chi connectivity index (χ1) is 12.5. The summed E-state index contributed by atoms with van der Waals surface area (Å²) >= 11 is 1.40. The molecular weight excluding hydrogens is 362 g/mol. The highest BCUT2D eigenvalue weighted by atomic mass is 32.2. The summed E-state index contributed by atoms with van der Waals surface area (Å²) in [6.07, 6.45) is 0. The van der Waals surface area contributed by atoms with Crippen LogP contribution in [0.2, 0.25) is 0 Å². The Labute approximate surface area is 163 Å². The number of thioether (sulfide) groups is 1. The molecule has 2 rings (SSSR count). The van der Waals surface area contributed by atoms with Crippen LogP contribution in [0.3, 0.4) is 0 Å². The van der Waals surface area contributed by atoms with E-state index in [1.54, 1.807) is 0 Å². The number of aromatic nitrogens is 2. The lowest BCUT2D eigenvalue weighted by Gasteiger charge is -2.16. The van der Waals surface area contributed by atoms with E-state index in [9.17, 15) is 14.4 Å². The molecule has 3 N–H and O–H groups in total. The number of hydrogen-bond donors (Lipinski definition) is 2. The van der Waals surface area contributed by atoms with E-state index in [2.05, 4.69) is 11.1 Å². The monoisotopic (exact) mass is 389 g/mol. The molecule has 0 aliphatic rings. The van der Waals surface area contributed by atoms with Crippen molar-refractivity contribution in [2.75, 3.05) is 11.5 Å². The molecule has 0 aliphatic carbocycles. The average molecular weight is 390 g/mol. The van der Waals surface area contributed by atoms with Crippen LogP contribution in [0, 0.1) is 33.6 Å². The van der Waals surface area contributed by atoms with Crippen molar-refractivity contribution in [2.45, 2.75) is 53.0 Å². The molecule has 0 amide bonds. The first kappa shape index (κ1) is 21.0. The predicted molar refractivity (Wildman–Crippen MR) is 111 cm³/mol. The second-order valence-electron chi connectivity index (χ2n) is 7.33. The molecule has 6 nitrogen and oxygen atoms in total. The van der Waals surface area contributed by atoms with E-state index in [1.165, 1.54) is 16.3 Å². The molecule has 27 heavy (non-hydrogen) atoms. The van der Waals surface area contributed by atoms with Gasteiger partial charge in [0.15, 0.2) is 5.78 Å². The van der Waals surface area contributed by atoms with Gasteiger partial charge in [0.1, 0.15) is 11.4 Å². The van der Waals surface area contributed by atoms with Crippen molar-refractivity contribution in [3.05, 3.63) is 54.7 Å². The van der Waals surface area contributed by atoms with Gasteiger partial charge in [0.2, 0.25) is 0 Å². The molecule has 0 radical (unpaired) electrons. The molecule has 1 aromatic heterocycles. The third-order valence-electron chi connectivity index (χ3n) is 4.71. The van der Waals surface area contributed by atoms with Gasteiger partial charge in [0, 0.05) is 11.4 Å². The highest BCUT2D eigenvalue weighted by Crippen LogP contribution is 2.31. The number of benzene rings is 1. The van der Waals surface area contributed by atoms with Crippen LogP contribution in [0.15, 0.2) is 20.6 Å². The van der Waals surface area contributed by atoms with Crippen LogP contribution in [-0.2, 0) is 6.54 Å². The van der Waals surface area contributed by atoms with Crippen LogP contribution in [-0.4, -0.2) is 21.1 Å². The lowest BCUT2D eigenvalue weighted by Crippen LogP contribution is -2.37. The van der Waals surface area contributed by atoms with Crippen molar-refractivity contribution in [3.8, 4) is 0 Å². The van der Waals surface area contributed by atoms with Crippen LogP contribution in [0.1, 0.15) is 46.5 Å². The lowest BCUT2D eigenvalue weighted by molar-refractivity contribution is 0.102. The number of carbonyl (C=O) groups is 1. The van der Waals surface area contributed by atoms with Crippen molar-refractivity contribution in [2.24, 2.45) is 5.92 Å². The Morgan fingerprint density at radius 1 is 1.15 bits per heavy atom. The summed E-state index contributed by atoms with van der Waals surface area (Å²) in [5.74, 6) is -0.211. The Hall–Kier alpha value is -2.28. The zero-order chi connectivity index (χ0) is 20.5. The Balaban J connectivity index is 2.38. The minimum Gasteiger partial charge on any atom is -0.384 e. The first-order valence-corrected chi connectivity index (χ1v) is 9.89. The maximum absolute atomic E-state index is 12.8. The number of aryl methyl sites for hydroxylation is 2. The molecule has 0 unspecified atom stereocenters. The quantitative estimate of drug-likeness (QED) is 0.585. The number of aromatic amines is 1. The summed E-state index contributed by atoms with van der Waals surface area (Å²) in [5, 5.41) is 0. The van der Waals surface area contributed by atoms with Gasteiger partial charge < -0.3 is 5.73 Å². The molecule has 0 saturated carbocycles. The fraction of sp³-hybridized carbons (Fsp3) is 0.450. The molecule has 1 heterocycles. The summed E-state index contributed by atoms with van der Waals surface area (Å²) in [6.45, 7) is 12.3. The zero-order valence-electron chi connectivity index (χ0n) is 16.7. The number of hydrogen-bond acceptors (Lipinski definition) is 5. The largest absolute Gasteiger partial charge is 0.384 e. The number of anilines is 1. The number of ketones is 1. The summed E-state index contributed by atoms with van der Waals surface area (Å²) in [5.41, 5.74) is 9.16. The third-order valence-corrected chi connectivity index (χ3v) is 6.02. The van der Waals surface area contributed by atoms with Crippen molar-refractivity contribution >= 4 is 23.4 Å². The smallest absolute Gasteiger partial charge is 0.329 e. The summed E-state index contributed by atoms with van der Waals surface area (Å²) in [6, 6.07) is 2.13. The van der Waals surface area contributed by atoms with E-state index < -0.39 is 11.2 Å². The maximum Gasteiger partial charge on any atom is 0.329 e. The van der Waals surface area contributed by atoms with Crippen LogP contribution >= 0.6 is 11.8 Å². The van der Waals surface area contributed by atoms with Gasteiger partial charge in [-0.15, -0.1) is 11.8 Å². The summed E-state index contributed by atoms with van der Waals surface area (Å²) in [4.78, 5) is 40.3. The van der Waals surface area contributed by atoms with Crippen molar-refractivity contribution in [1.82, 2.24) is 9.55 Å². The number of nitrogen functional groups attached to an aromatic ring is 1. The number of nitrogens with one attached hydrogen (secondary N) is 1. The Morgan fingerprint density at radius 3 is 2.22 bits per heavy atom. The van der Waals surface area contributed by atoms with Crippen molar-refractivity contribution < 1.29 is 4.79 Å². The lowest BCUT2D eigenvalue weighted by atomic mass is 10.0. The van der Waals surface area contributed by atoms with Gasteiger partial charge in [-0.25, -0.2) is 4.79 Å². The van der Waals surface area contributed by atoms with Gasteiger partial charge in [-0.3, -0.25) is 19.1 Å². The predicted octanol–water partition coefficient (Wildman–Crippen LogP) is 2.98. The standard InChI is InChI=1S/C20H27N3O3S/c1-10(2)8-23-18(21)16(19(25)22-20(23)26)15(24)9-27-17-13(5)11(3)7-12(4)14(17)6/h7,10H,8-9,21H2,1-6H3,(H,22,25,26). The number of nitrogens with two attached hydrogens (primary N) is 1. The second kappa shape index (κ2) is 8.17. The molecule has 0 fully saturated rings. The van der Waals surface area contributed by atoms with Gasteiger partial charge in [-0.05, 0) is 55.9 Å². The maximum atomic E-state index is 12.8. The van der Waals surface area contributed by atoms with E-state index in [0.29, 0.717) is 6.54 Å². The average Bonchev–Trinajstić information content (AvgIpc) is 2.56. The number of carbonyl (C=O) groups excluding carboxylic acids is 1. The van der Waals surface area contributed by atoms with E-state index in [1.807, 2.05) is 41.5 Å². The molecule has 0 aliphatic heterocycles. The van der Waals surface area contributed by atoms with Crippen LogP contribution in [0.5, 0.6) is 0 Å². The number of Topliss-reactive ketones (excluding diaryl/α,β-unsaturated/α-hetero) is 1. The van der Waals surface area contributed by atoms with Crippen LogP contribution in [0.25, 0.3) is 0 Å². The highest BCUT2D eigenvalue weighted by molar-refractivity contribution is 8.00. The molecule has 1 aromatic carbocycles. The summed E-state index contributed by atoms with van der Waals surface area (Å²) < 4.78 is 1.26. The Kier molecular flexibility index (Phi) is 6.36. The van der Waals surface area contributed by atoms with E-state index in [-0.39, 0.29) is 28.8 Å². The molecular formula is C20H27N3O3S. The number of H-pyrrole nitrogens is 1. The highest BCUT2D eigenvalue weighted by Gasteiger charge is 2.21. The fourth-order valence-corrected chi connectivity index (χ4v) is 4.19. The minimum atomic E-state index is -0.725. The molecule has 0 atom stereocenters. The Morgan fingerprint density at radius 2 is 1.70 bits per heavy atom. The van der Waals surface area contributed by atoms with E-state index in [0.717, 1.165) is 27.1 Å². The zero-order valence-corrected chi connectivity index (χ0v) is 17.5. The molecule has 2 aromatic rings. The van der Waals surface area contributed by atoms with Gasteiger partial charge in [0.25, 0.3) is 5.56 Å². The molecule has 146 valence electrons. The molecule has 7 heteroatoms. The van der Waals surface area contributed by atoms with Crippen LogP contribution < -0.4 is 17.0 Å². The SMILES string of the molecule is Cc1cc(C)c(C)c(SCC(=O)c2c(N)n(CC(C)C)c(=O)[nH]c2=O)c1C. The Bertz CT molecular complexity index is 977. The van der Waals surface area contributed by atoms with Crippen LogP contribution in [0.4, 0.5) is 5.82 Å². The van der Waals surface area contributed by atoms with E-state index in [4.69, 9.17) is 5.73 Å². The minimum absolute atomic E-state index is 0.0584. The molecule has 0 saturated heterocycles. The van der Waals surface area contributed by atoms with Crippen molar-refractivity contribution in [3.63, 3.8) is 0 Å². The van der Waals surface area contributed by atoms with Crippen molar-refractivity contribution in [1.29, 1.82) is 0 Å². The number of nitrogens with zero attached hydrogens (tertiary/aromatic N) is 1. The summed E-state index contributed by atoms with van der Waals surface area (Å²) in [7, 11) is 0. The first-order valence-electron chi connectivity index (χ1n) is 8.90. The normalized spacial score (nSPS) is 11.2.